The molecule has 0 radical (unpaired) electrons. The quantitative estimate of drug-likeness (QED) is 0.631. The van der Waals surface area contributed by atoms with Gasteiger partial charge in [0.2, 0.25) is 5.91 Å². The summed E-state index contributed by atoms with van der Waals surface area (Å²) in [5, 5.41) is 17.7. The van der Waals surface area contributed by atoms with Crippen LogP contribution in [-0.4, -0.2) is 25.6 Å². The molecule has 1 amide bonds. The van der Waals surface area contributed by atoms with Gasteiger partial charge in [0.25, 0.3) is 0 Å². The smallest absolute Gasteiger partial charge is 0.312 e. The van der Waals surface area contributed by atoms with Crippen molar-refractivity contribution in [2.24, 2.45) is 0 Å². The van der Waals surface area contributed by atoms with Crippen LogP contribution in [0.2, 0.25) is 0 Å². The molecule has 2 aromatic heterocycles. The maximum atomic E-state index is 11.9. The molecular formula is C13H17ClN6O3. The van der Waals surface area contributed by atoms with Gasteiger partial charge < -0.3 is 11.1 Å². The molecule has 0 spiro atoms. The minimum atomic E-state index is -0.464. The number of hydrogen-bond donors (Lipinski definition) is 2. The molecule has 3 N–H and O–H groups in total. The van der Waals surface area contributed by atoms with Crippen molar-refractivity contribution in [2.45, 2.75) is 26.8 Å². The Morgan fingerprint density at radius 2 is 2.13 bits per heavy atom. The van der Waals surface area contributed by atoms with E-state index in [1.807, 2.05) is 0 Å². The lowest BCUT2D eigenvalue weighted by Crippen LogP contribution is -2.15. The highest BCUT2D eigenvalue weighted by Crippen LogP contribution is 2.21. The minimum absolute atomic E-state index is 0. The number of pyridine rings is 1. The van der Waals surface area contributed by atoms with Crippen LogP contribution in [0.3, 0.4) is 0 Å². The summed E-state index contributed by atoms with van der Waals surface area (Å²) in [6, 6.07) is 3.23. The predicted octanol–water partition coefficient (Wildman–Crippen LogP) is 1.84. The second-order valence-electron chi connectivity index (χ2n) is 4.77. The van der Waals surface area contributed by atoms with Crippen LogP contribution in [0.25, 0.3) is 0 Å². The molecule has 124 valence electrons. The topological polar surface area (TPSA) is 129 Å². The average molecular weight is 341 g/mol. The average Bonchev–Trinajstić information content (AvgIpc) is 2.73. The van der Waals surface area contributed by atoms with Crippen LogP contribution >= 0.6 is 12.4 Å². The molecule has 0 unspecified atom stereocenters. The molecule has 0 bridgehead atoms. The van der Waals surface area contributed by atoms with Crippen LogP contribution in [0.4, 0.5) is 17.2 Å². The molecule has 0 fully saturated rings. The normalized spacial score (nSPS) is 10.0. The first-order chi connectivity index (χ1) is 10.4. The van der Waals surface area contributed by atoms with Gasteiger partial charge in [-0.25, -0.2) is 4.98 Å². The van der Waals surface area contributed by atoms with E-state index >= 15 is 0 Å². The molecule has 2 aromatic rings. The van der Waals surface area contributed by atoms with Crippen molar-refractivity contribution in [3.05, 3.63) is 39.8 Å². The number of anilines is 2. The number of aromatic nitrogens is 3. The van der Waals surface area contributed by atoms with E-state index in [0.717, 1.165) is 0 Å². The summed E-state index contributed by atoms with van der Waals surface area (Å²) in [6.45, 7) is 3.44. The first-order valence-corrected chi connectivity index (χ1v) is 6.58. The van der Waals surface area contributed by atoms with Gasteiger partial charge in [-0.3, -0.25) is 19.6 Å². The maximum Gasteiger partial charge on any atom is 0.312 e. The maximum absolute atomic E-state index is 11.9. The van der Waals surface area contributed by atoms with Gasteiger partial charge in [0, 0.05) is 6.42 Å². The second kappa shape index (κ2) is 7.54. The van der Waals surface area contributed by atoms with E-state index in [1.54, 1.807) is 26.0 Å². The number of nitro groups is 1. The summed E-state index contributed by atoms with van der Waals surface area (Å²) in [6.07, 6.45) is 1.60. The van der Waals surface area contributed by atoms with Crippen LogP contribution in [0.15, 0.2) is 18.3 Å². The van der Waals surface area contributed by atoms with Crippen LogP contribution in [0.5, 0.6) is 0 Å². The van der Waals surface area contributed by atoms with Gasteiger partial charge in [-0.2, -0.15) is 5.10 Å². The SMILES string of the molecule is Cc1nn(CCC(=O)Nc2ccc(N)nc2)c(C)c1[N+](=O)[O-].Cl. The van der Waals surface area contributed by atoms with Gasteiger partial charge in [0.15, 0.2) is 0 Å². The fraction of sp³-hybridized carbons (Fsp3) is 0.308. The third-order valence-electron chi connectivity index (χ3n) is 3.15. The summed E-state index contributed by atoms with van der Waals surface area (Å²) < 4.78 is 1.47. The first kappa shape index (κ1) is 18.4. The Kier molecular flexibility index (Phi) is 6.02. The largest absolute Gasteiger partial charge is 0.384 e. The molecule has 2 heterocycles. The molecule has 0 aliphatic rings. The van der Waals surface area contributed by atoms with Crippen LogP contribution in [0.1, 0.15) is 17.8 Å². The third kappa shape index (κ3) is 4.39. The summed E-state index contributed by atoms with van der Waals surface area (Å²) in [5.41, 5.74) is 6.76. The van der Waals surface area contributed by atoms with Crippen molar-refractivity contribution >= 4 is 35.5 Å². The lowest BCUT2D eigenvalue weighted by atomic mass is 10.3. The van der Waals surface area contributed by atoms with Gasteiger partial charge in [-0.15, -0.1) is 12.4 Å². The van der Waals surface area contributed by atoms with Crippen molar-refractivity contribution in [3.63, 3.8) is 0 Å². The standard InChI is InChI=1S/C13H16N6O3.ClH/c1-8-13(19(21)22)9(2)18(17-8)6-5-12(20)16-10-3-4-11(14)15-7-10;/h3-4,7H,5-6H2,1-2H3,(H2,14,15)(H,16,20);1H. The zero-order valence-corrected chi connectivity index (χ0v) is 13.5. The van der Waals surface area contributed by atoms with Gasteiger partial charge in [-0.05, 0) is 26.0 Å². The van der Waals surface area contributed by atoms with E-state index in [1.165, 1.54) is 10.9 Å². The molecule has 0 aliphatic carbocycles. The van der Waals surface area contributed by atoms with E-state index in [4.69, 9.17) is 5.73 Å². The molecule has 0 saturated heterocycles. The van der Waals surface area contributed by atoms with Crippen molar-refractivity contribution in [2.75, 3.05) is 11.1 Å². The van der Waals surface area contributed by atoms with Crippen molar-refractivity contribution < 1.29 is 9.72 Å². The molecule has 0 aliphatic heterocycles. The van der Waals surface area contributed by atoms with Crippen LogP contribution < -0.4 is 11.1 Å². The van der Waals surface area contributed by atoms with E-state index in [2.05, 4.69) is 15.4 Å². The highest BCUT2D eigenvalue weighted by molar-refractivity contribution is 5.90. The monoisotopic (exact) mass is 340 g/mol. The lowest BCUT2D eigenvalue weighted by molar-refractivity contribution is -0.386. The summed E-state index contributed by atoms with van der Waals surface area (Å²) in [4.78, 5) is 26.2. The Balaban J connectivity index is 0.00000264. The fourth-order valence-corrected chi connectivity index (χ4v) is 2.08. The number of hydrogen-bond acceptors (Lipinski definition) is 6. The molecule has 0 saturated carbocycles. The number of halogens is 1. The summed E-state index contributed by atoms with van der Waals surface area (Å²) in [7, 11) is 0. The predicted molar refractivity (Wildman–Crippen MR) is 87.5 cm³/mol. The second-order valence-corrected chi connectivity index (χ2v) is 4.77. The molecule has 10 heteroatoms. The Bertz CT molecular complexity index is 713. The molecule has 9 nitrogen and oxygen atoms in total. The van der Waals surface area contributed by atoms with E-state index in [9.17, 15) is 14.9 Å². The van der Waals surface area contributed by atoms with Gasteiger partial charge in [-0.1, -0.05) is 0 Å². The van der Waals surface area contributed by atoms with Gasteiger partial charge in [0.1, 0.15) is 17.2 Å². The fourth-order valence-electron chi connectivity index (χ4n) is 2.08. The van der Waals surface area contributed by atoms with Crippen molar-refractivity contribution in [1.82, 2.24) is 14.8 Å². The zero-order chi connectivity index (χ0) is 16.3. The number of carbonyl (C=O) groups is 1. The zero-order valence-electron chi connectivity index (χ0n) is 12.6. The summed E-state index contributed by atoms with van der Waals surface area (Å²) >= 11 is 0. The minimum Gasteiger partial charge on any atom is -0.384 e. The highest BCUT2D eigenvalue weighted by Gasteiger charge is 2.21. The number of amides is 1. The number of nitrogens with zero attached hydrogens (tertiary/aromatic N) is 4. The molecule has 0 aromatic carbocycles. The van der Waals surface area contributed by atoms with E-state index in [-0.39, 0.29) is 37.0 Å². The Morgan fingerprint density at radius 1 is 1.43 bits per heavy atom. The molecular weight excluding hydrogens is 324 g/mol. The van der Waals surface area contributed by atoms with Crippen molar-refractivity contribution in [1.29, 1.82) is 0 Å². The number of nitrogens with one attached hydrogen (secondary N) is 1. The van der Waals surface area contributed by atoms with E-state index < -0.39 is 4.92 Å². The van der Waals surface area contributed by atoms with Gasteiger partial charge >= 0.3 is 5.69 Å². The molecule has 0 atom stereocenters. The molecule has 2 rings (SSSR count). The lowest BCUT2D eigenvalue weighted by Gasteiger charge is -2.06. The van der Waals surface area contributed by atoms with Gasteiger partial charge in [0.05, 0.1) is 23.4 Å². The number of nitrogen functional groups attached to an aromatic ring is 1. The molecule has 23 heavy (non-hydrogen) atoms. The van der Waals surface area contributed by atoms with E-state index in [0.29, 0.717) is 22.9 Å². The number of carbonyl (C=O) groups excluding carboxylic acids is 1. The highest BCUT2D eigenvalue weighted by atomic mass is 35.5. The third-order valence-corrected chi connectivity index (χ3v) is 3.15. The number of nitrogens with two attached hydrogens (primary N) is 1. The number of aryl methyl sites for hydroxylation is 2. The van der Waals surface area contributed by atoms with Crippen molar-refractivity contribution in [3.8, 4) is 0 Å². The summed E-state index contributed by atoms with van der Waals surface area (Å²) in [5.74, 6) is 0.134. The Morgan fingerprint density at radius 3 is 2.65 bits per heavy atom. The van der Waals surface area contributed by atoms with Crippen LogP contribution in [0, 0.1) is 24.0 Å². The Hall–Kier alpha value is -2.68. The Labute approximate surface area is 138 Å². The first-order valence-electron chi connectivity index (χ1n) is 6.58. The van der Waals surface area contributed by atoms with Crippen LogP contribution in [-0.2, 0) is 11.3 Å². The number of rotatable bonds is 5.